The van der Waals surface area contributed by atoms with Crippen molar-refractivity contribution in [2.24, 2.45) is 34.8 Å². The second kappa shape index (κ2) is 50.2. The maximum atomic E-state index is 15.4. The summed E-state index contributed by atoms with van der Waals surface area (Å²) in [5, 5.41) is 46.8. The summed E-state index contributed by atoms with van der Waals surface area (Å²) < 4.78 is 0. The number of likely N-dealkylation sites (N-methyl/N-ethyl adjacent to an activating group) is 3. The Morgan fingerprint density at radius 1 is 0.556 bits per heavy atom. The lowest BCUT2D eigenvalue weighted by molar-refractivity contribution is -0.149. The first-order valence-corrected chi connectivity index (χ1v) is 47.1. The largest absolute Gasteiger partial charge is 0.508 e. The number of aromatic amines is 2. The molecule has 0 bridgehead atoms. The number of hydrogen-bond acceptors (Lipinski definition) is 22. The highest BCUT2D eigenvalue weighted by Gasteiger charge is 2.50. The number of fused-ring (bicyclic) bond motifs is 2. The van der Waals surface area contributed by atoms with Crippen molar-refractivity contribution in [1.82, 2.24) is 82.3 Å². The van der Waals surface area contributed by atoms with Gasteiger partial charge >= 0.3 is 0 Å². The third-order valence-electron chi connectivity index (χ3n) is 24.8. The van der Waals surface area contributed by atoms with Crippen LogP contribution < -0.4 is 70.8 Å². The zero-order valence-electron chi connectivity index (χ0n) is 78.0. The van der Waals surface area contributed by atoms with Crippen molar-refractivity contribution >= 4 is 134 Å². The lowest BCUT2D eigenvalue weighted by Crippen LogP contribution is -2.64. The van der Waals surface area contributed by atoms with Crippen LogP contribution in [0.1, 0.15) is 181 Å². The minimum absolute atomic E-state index is 0.0234. The molecule has 728 valence electrons. The molecule has 1 saturated carbocycles. The van der Waals surface area contributed by atoms with E-state index in [9.17, 15) is 77.3 Å². The molecule has 0 radical (unpaired) electrons. The number of Topliss-reactive ketones (excluding diaryl/α,β-unsaturated/α-hetero) is 1. The number of nitrogens with two attached hydrogens (primary N) is 4. The molecule has 14 atom stereocenters. The third-order valence-corrected chi connectivity index (χ3v) is 25.9. The van der Waals surface area contributed by atoms with Crippen LogP contribution in [0.4, 0.5) is 0 Å². The molecule has 2 saturated heterocycles. The number of carbonyl (C=O) groups is 17. The number of benzene rings is 3. The predicted molar refractivity (Wildman–Crippen MR) is 499 cm³/mol. The molecule has 2 aromatic heterocycles. The minimum atomic E-state index is -1.69. The Hall–Kier alpha value is -12.0. The second-order valence-electron chi connectivity index (χ2n) is 36.1. The number of phenols is 1. The molecule has 40 heteroatoms. The summed E-state index contributed by atoms with van der Waals surface area (Å²) >= 11 is 0.808. The molecule has 133 heavy (non-hydrogen) atoms. The van der Waals surface area contributed by atoms with E-state index in [1.54, 1.807) is 26.2 Å². The first-order valence-electron chi connectivity index (χ1n) is 45.9. The van der Waals surface area contributed by atoms with Crippen LogP contribution in [0, 0.1) is 11.8 Å². The van der Waals surface area contributed by atoms with Crippen molar-refractivity contribution in [3.63, 3.8) is 0 Å². The van der Waals surface area contributed by atoms with Crippen LogP contribution in [0.15, 0.2) is 85.2 Å². The highest BCUT2D eigenvalue weighted by atomic mass is 32.2. The van der Waals surface area contributed by atoms with Gasteiger partial charge in [-0.2, -0.15) is 0 Å². The average Bonchev–Trinajstić information content (AvgIpc) is 1.69. The number of aromatic nitrogens is 2. The minimum Gasteiger partial charge on any atom is -0.508 e. The van der Waals surface area contributed by atoms with Gasteiger partial charge in [-0.05, 0) is 137 Å². The van der Waals surface area contributed by atoms with Gasteiger partial charge in [0.15, 0.2) is 5.78 Å². The van der Waals surface area contributed by atoms with Crippen LogP contribution in [-0.4, -0.2) is 294 Å². The summed E-state index contributed by atoms with van der Waals surface area (Å²) in [6.45, 7) is 12.8. The predicted octanol–water partition coefficient (Wildman–Crippen LogP) is 0.607. The van der Waals surface area contributed by atoms with Gasteiger partial charge in [0.2, 0.25) is 94.5 Å². The highest BCUT2D eigenvalue weighted by Crippen LogP contribution is 2.34. The van der Waals surface area contributed by atoms with E-state index in [1.165, 1.54) is 78.9 Å². The zero-order valence-corrected chi connectivity index (χ0v) is 78.8. The Bertz CT molecular complexity index is 4940. The Balaban J connectivity index is 0.940. The zero-order chi connectivity index (χ0) is 97.8. The molecular formula is C93H136N20O19S. The number of unbranched alkanes of at least 4 members (excludes halogenated alkanes) is 2. The number of nitrogens with zero attached hydrogens (tertiary/aromatic N) is 5. The first kappa shape index (κ1) is 106. The van der Waals surface area contributed by atoms with Gasteiger partial charge in [0.1, 0.15) is 77.7 Å². The van der Waals surface area contributed by atoms with Crippen molar-refractivity contribution in [3.05, 3.63) is 102 Å². The number of phenolic OH excluding ortho intramolecular Hbond substituents is 1. The number of rotatable bonds is 51. The van der Waals surface area contributed by atoms with Gasteiger partial charge in [-0.25, -0.2) is 0 Å². The van der Waals surface area contributed by atoms with Crippen molar-refractivity contribution in [2.75, 3.05) is 58.8 Å². The van der Waals surface area contributed by atoms with Crippen LogP contribution in [0.3, 0.4) is 0 Å². The fourth-order valence-electron chi connectivity index (χ4n) is 17.3. The van der Waals surface area contributed by atoms with E-state index in [2.05, 4.69) is 57.8 Å². The van der Waals surface area contributed by atoms with Gasteiger partial charge in [-0.1, -0.05) is 129 Å². The molecule has 8 rings (SSSR count). The van der Waals surface area contributed by atoms with Gasteiger partial charge in [0, 0.05) is 93.4 Å². The summed E-state index contributed by atoms with van der Waals surface area (Å²) in [6.07, 6.45) is 5.67. The number of H-pyrrole nitrogens is 2. The Morgan fingerprint density at radius 2 is 1.09 bits per heavy atom. The molecule has 3 aliphatic rings. The fraction of sp³-hybridized carbons (Fsp3) is 0.581. The number of aliphatic hydroxyl groups excluding tert-OH is 1. The number of nitrogens with one attached hydrogen (secondary N) is 11. The lowest BCUT2D eigenvalue weighted by Gasteiger charge is -2.36. The van der Waals surface area contributed by atoms with Crippen LogP contribution in [0.5, 0.6) is 5.75 Å². The number of carbonyl (C=O) groups excluding carboxylic acids is 17. The average molecular weight is 1870 g/mol. The van der Waals surface area contributed by atoms with E-state index in [0.29, 0.717) is 49.7 Å². The summed E-state index contributed by atoms with van der Waals surface area (Å²) in [5.41, 5.74) is 25.6. The summed E-state index contributed by atoms with van der Waals surface area (Å²) in [7, 11) is 4.10. The number of likely N-dealkylation sites (tertiary alicyclic amines) is 2. The number of aromatic hydroxyl groups is 1. The number of primary amides is 2. The van der Waals surface area contributed by atoms with Crippen molar-refractivity contribution in [1.29, 1.82) is 0 Å². The molecule has 16 amide bonds. The molecule has 5 aromatic rings. The van der Waals surface area contributed by atoms with Crippen molar-refractivity contribution in [2.45, 2.75) is 274 Å². The van der Waals surface area contributed by atoms with E-state index >= 15 is 14.4 Å². The lowest BCUT2D eigenvalue weighted by atomic mass is 9.93. The molecule has 39 nitrogen and oxygen atoms in total. The van der Waals surface area contributed by atoms with E-state index in [-0.39, 0.29) is 132 Å². The van der Waals surface area contributed by atoms with Gasteiger partial charge in [-0.3, -0.25) is 81.5 Å². The molecule has 4 heterocycles. The normalized spacial score (nSPS) is 17.7. The molecule has 0 unspecified atom stereocenters. The topological polar surface area (TPSA) is 591 Å². The Labute approximate surface area is 779 Å². The number of thioether (sulfide) groups is 1. The molecule has 21 N–H and O–H groups in total. The Kier molecular flexibility index (Phi) is 40.1. The monoisotopic (exact) mass is 1870 g/mol. The molecule has 1 aliphatic carbocycles. The number of ketones is 1. The summed E-state index contributed by atoms with van der Waals surface area (Å²) in [5.74, 6) is -14.4. The van der Waals surface area contributed by atoms with E-state index < -0.39 is 203 Å². The quantitative estimate of drug-likeness (QED) is 0.0254. The molecule has 3 fully saturated rings. The number of hydrogen-bond donors (Lipinski definition) is 17. The maximum Gasteiger partial charge on any atom is 0.246 e. The number of β-amino-alcohol motifs (C(OH)–C–C–N with tert-alkyl or cyclic N) is 1. The van der Waals surface area contributed by atoms with E-state index in [1.807, 2.05) is 76.2 Å². The first-order chi connectivity index (χ1) is 63.1. The number of para-hydroxylation sites is 2. The van der Waals surface area contributed by atoms with Crippen LogP contribution in [0.25, 0.3) is 21.8 Å². The van der Waals surface area contributed by atoms with E-state index in [0.717, 1.165) is 44.0 Å². The smallest absolute Gasteiger partial charge is 0.246 e. The van der Waals surface area contributed by atoms with Gasteiger partial charge in [0.05, 0.1) is 36.9 Å². The summed E-state index contributed by atoms with van der Waals surface area (Å²) in [4.78, 5) is 255. The number of aliphatic hydroxyl groups is 1. The molecule has 3 aromatic carbocycles. The maximum absolute atomic E-state index is 15.4. The molecular weight excluding hydrogens is 1730 g/mol. The standard InChI is InChI=1S/C93H136N20O19S/c1-12-14-27-73(110(10)91(131)75(28-15-13-2)111(11)88(128)70(43-58-47-99-65-26-19-17-24-62(58)65)105-83(123)66(34-37-94)102-81(121)63(95)42-57-46-98-64-25-18-16-23-61(57)64)85(125)103-67(39-52(3)4)84(124)106-72(82(122)100-48-78(97)118)50-133-51-79(119)101-69(41-56-30-32-59(115)33-31-56)87(127)109(9)54(7)80(120)104-71(45-77(96)117)89(129)112-38-22-29-74(112)86(126)108-93(35-20-21-36-93)92(132)107-68(40-53(5)6)90(130)113-49-60(116)44-76(113)55(8)114/h16-19,23-26,30-33,46-47,52-54,60,63,66-76,98-99,115-116H,12-15,20-22,27-29,34-45,48-51,94-95H2,1-11H3,(H2,96,117)(H2,97,118)(H,100,122)(H,101,119)(H,102,121)(H,103,125)(H,104,120)(H,105,123)(H,106,124)(H,107,132)(H,108,126)/t54-,60+,63-,66-,67-,68-,69-,70-,71-,72-,73-,74-,75-,76-/m0/s1. The van der Waals surface area contributed by atoms with Crippen LogP contribution in [-0.2, 0) is 101 Å². The van der Waals surface area contributed by atoms with E-state index in [4.69, 9.17) is 22.9 Å². The Morgan fingerprint density at radius 3 is 1.68 bits per heavy atom. The summed E-state index contributed by atoms with van der Waals surface area (Å²) in [6, 6.07) is 3.54. The highest BCUT2D eigenvalue weighted by molar-refractivity contribution is 8.00. The van der Waals surface area contributed by atoms with Crippen LogP contribution in [0.2, 0.25) is 0 Å². The van der Waals surface area contributed by atoms with Crippen LogP contribution >= 0.6 is 11.8 Å². The number of amides is 16. The second-order valence-corrected chi connectivity index (χ2v) is 37.1. The van der Waals surface area contributed by atoms with Crippen molar-refractivity contribution in [3.8, 4) is 5.75 Å². The SMILES string of the molecule is CCCC[C@@H](C(=O)N(C)[C@@H](CCCC)C(=O)N[C@@H](CC(C)C)C(=O)N[C@@H](CSCC(=O)N[C@@H](Cc1ccc(O)cc1)C(=O)N(C)[C@@H](C)C(=O)N[C@@H](CC(N)=O)C(=O)N1CCC[C@H]1C(=O)NC1(C(=O)N[C@@H](CC(C)C)C(=O)N2C[C@H](O)C[C@H]2C(C)=O)CCCC1)C(=O)NCC(N)=O)N(C)C(=O)[C@H](Cc1c[nH]c2ccccc12)NC(=O)[C@H](CCN)NC(=O)[C@@H](N)Cc1c[nH]c2ccccc12. The van der Waals surface area contributed by atoms with Gasteiger partial charge < -0.3 is 115 Å². The fourth-order valence-corrected chi connectivity index (χ4v) is 18.2. The van der Waals surface area contributed by atoms with Gasteiger partial charge in [0.25, 0.3) is 0 Å². The van der Waals surface area contributed by atoms with Crippen molar-refractivity contribution < 1.29 is 91.7 Å². The van der Waals surface area contributed by atoms with Gasteiger partial charge in [-0.15, -0.1) is 11.8 Å². The molecule has 0 spiro atoms. The third kappa shape index (κ3) is 29.5. The molecule has 2 aliphatic heterocycles.